The number of hydrogen-bond donors (Lipinski definition) is 2. The maximum absolute atomic E-state index is 12.4. The second kappa shape index (κ2) is 7.23. The summed E-state index contributed by atoms with van der Waals surface area (Å²) >= 11 is 11.7. The lowest BCUT2D eigenvalue weighted by Crippen LogP contribution is -2.40. The number of carbonyl (C=O) groups is 1. The summed E-state index contributed by atoms with van der Waals surface area (Å²) in [5.41, 5.74) is 0.413. The van der Waals surface area contributed by atoms with Gasteiger partial charge in [-0.2, -0.15) is 0 Å². The zero-order valence-electron chi connectivity index (χ0n) is 13.9. The first kappa shape index (κ1) is 19.6. The molecule has 0 bridgehead atoms. The maximum atomic E-state index is 12.4. The van der Waals surface area contributed by atoms with Crippen molar-refractivity contribution in [1.29, 1.82) is 0 Å². The van der Waals surface area contributed by atoms with E-state index in [1.54, 1.807) is 12.1 Å². The van der Waals surface area contributed by atoms with Gasteiger partial charge in [0.1, 0.15) is 0 Å². The second-order valence-electron chi connectivity index (χ2n) is 6.46. The summed E-state index contributed by atoms with van der Waals surface area (Å²) in [7, 11) is -3.81. The molecule has 2 rings (SSSR count). The Morgan fingerprint density at radius 2 is 1.56 bits per heavy atom. The zero-order chi connectivity index (χ0) is 18.8. The van der Waals surface area contributed by atoms with Crippen LogP contribution in [0.1, 0.15) is 31.1 Å². The van der Waals surface area contributed by atoms with Gasteiger partial charge in [-0.25, -0.2) is 8.42 Å². The fourth-order valence-corrected chi connectivity index (χ4v) is 3.41. The van der Waals surface area contributed by atoms with Gasteiger partial charge >= 0.3 is 0 Å². The van der Waals surface area contributed by atoms with E-state index < -0.39 is 10.0 Å². The average molecular weight is 401 g/mol. The quantitative estimate of drug-likeness (QED) is 0.801. The fraction of sp³-hybridized carbons (Fsp3) is 0.235. The van der Waals surface area contributed by atoms with Crippen LogP contribution in [0.2, 0.25) is 10.0 Å². The summed E-state index contributed by atoms with van der Waals surface area (Å²) < 4.78 is 27.2. The van der Waals surface area contributed by atoms with E-state index in [-0.39, 0.29) is 26.4 Å². The lowest BCUT2D eigenvalue weighted by molar-refractivity contribution is 0.0919. The molecule has 0 aliphatic rings. The van der Waals surface area contributed by atoms with Crippen LogP contribution in [0.4, 0.5) is 5.69 Å². The number of sulfonamides is 1. The van der Waals surface area contributed by atoms with Crippen LogP contribution in [-0.4, -0.2) is 19.9 Å². The first-order chi connectivity index (χ1) is 11.5. The molecular weight excluding hydrogens is 383 g/mol. The van der Waals surface area contributed by atoms with Gasteiger partial charge in [-0.3, -0.25) is 9.52 Å². The lowest BCUT2D eigenvalue weighted by atomic mass is 10.1. The molecule has 2 N–H and O–H groups in total. The van der Waals surface area contributed by atoms with Crippen LogP contribution in [0.15, 0.2) is 47.4 Å². The molecule has 2 aromatic rings. The Morgan fingerprint density at radius 1 is 0.960 bits per heavy atom. The number of amides is 1. The van der Waals surface area contributed by atoms with Gasteiger partial charge in [-0.1, -0.05) is 23.2 Å². The lowest BCUT2D eigenvalue weighted by Gasteiger charge is -2.20. The highest BCUT2D eigenvalue weighted by Crippen LogP contribution is 2.26. The smallest absolute Gasteiger partial charge is 0.261 e. The Bertz CT molecular complexity index is 889. The summed E-state index contributed by atoms with van der Waals surface area (Å²) in [6.45, 7) is 5.64. The normalized spacial score (nSPS) is 11.9. The number of anilines is 1. The van der Waals surface area contributed by atoms with E-state index >= 15 is 0 Å². The van der Waals surface area contributed by atoms with E-state index in [0.717, 1.165) is 0 Å². The average Bonchev–Trinajstić information content (AvgIpc) is 2.48. The maximum Gasteiger partial charge on any atom is 0.261 e. The van der Waals surface area contributed by atoms with Crippen molar-refractivity contribution in [1.82, 2.24) is 5.32 Å². The molecule has 0 spiro atoms. The molecular formula is C17H18Cl2N2O3S. The van der Waals surface area contributed by atoms with Crippen LogP contribution >= 0.6 is 23.2 Å². The topological polar surface area (TPSA) is 75.3 Å². The third-order valence-corrected chi connectivity index (χ3v) is 5.21. The second-order valence-corrected chi connectivity index (χ2v) is 8.96. The van der Waals surface area contributed by atoms with Crippen molar-refractivity contribution in [2.24, 2.45) is 0 Å². The van der Waals surface area contributed by atoms with Crippen molar-refractivity contribution >= 4 is 44.8 Å². The Morgan fingerprint density at radius 3 is 2.08 bits per heavy atom. The molecule has 2 aromatic carbocycles. The van der Waals surface area contributed by atoms with Gasteiger partial charge in [-0.15, -0.1) is 0 Å². The molecule has 0 aliphatic heterocycles. The minimum Gasteiger partial charge on any atom is -0.347 e. The zero-order valence-corrected chi connectivity index (χ0v) is 16.3. The van der Waals surface area contributed by atoms with E-state index in [1.165, 1.54) is 30.3 Å². The standard InChI is InChI=1S/C17H18Cl2N2O3S/c1-17(2,3)20-16(22)11-4-6-12(7-5-11)21-25(23,24)13-8-9-14(18)15(19)10-13/h4-10,21H,1-3H3,(H,20,22). The van der Waals surface area contributed by atoms with Crippen molar-refractivity contribution in [2.45, 2.75) is 31.2 Å². The van der Waals surface area contributed by atoms with Gasteiger partial charge < -0.3 is 5.32 Å². The van der Waals surface area contributed by atoms with Crippen molar-refractivity contribution in [3.8, 4) is 0 Å². The van der Waals surface area contributed by atoms with Crippen molar-refractivity contribution in [2.75, 3.05) is 4.72 Å². The summed E-state index contributed by atoms with van der Waals surface area (Å²) in [5, 5.41) is 3.26. The van der Waals surface area contributed by atoms with E-state index in [0.29, 0.717) is 11.3 Å². The number of hydrogen-bond acceptors (Lipinski definition) is 3. The van der Waals surface area contributed by atoms with Gasteiger partial charge in [0.2, 0.25) is 0 Å². The molecule has 0 aliphatic carbocycles. The largest absolute Gasteiger partial charge is 0.347 e. The highest BCUT2D eigenvalue weighted by atomic mass is 35.5. The van der Waals surface area contributed by atoms with Crippen LogP contribution < -0.4 is 10.0 Å². The summed E-state index contributed by atoms with van der Waals surface area (Å²) in [6, 6.07) is 10.2. The molecule has 8 heteroatoms. The first-order valence-corrected chi connectivity index (χ1v) is 9.62. The number of nitrogens with one attached hydrogen (secondary N) is 2. The molecule has 1 amide bonds. The number of benzene rings is 2. The van der Waals surface area contributed by atoms with Crippen molar-refractivity contribution in [3.63, 3.8) is 0 Å². The minimum atomic E-state index is -3.81. The molecule has 5 nitrogen and oxygen atoms in total. The third-order valence-electron chi connectivity index (χ3n) is 3.09. The molecule has 0 atom stereocenters. The summed E-state index contributed by atoms with van der Waals surface area (Å²) in [5.74, 6) is -0.230. The molecule has 0 radical (unpaired) electrons. The van der Waals surface area contributed by atoms with Gasteiger partial charge in [0.25, 0.3) is 15.9 Å². The Hall–Kier alpha value is -1.76. The molecule has 134 valence electrons. The fourth-order valence-electron chi connectivity index (χ4n) is 1.96. The number of halogens is 2. The monoisotopic (exact) mass is 400 g/mol. The van der Waals surface area contributed by atoms with E-state index in [4.69, 9.17) is 23.2 Å². The highest BCUT2D eigenvalue weighted by molar-refractivity contribution is 7.92. The van der Waals surface area contributed by atoms with E-state index in [1.807, 2.05) is 20.8 Å². The van der Waals surface area contributed by atoms with Gasteiger partial charge in [0.15, 0.2) is 0 Å². The Balaban J connectivity index is 2.17. The number of carbonyl (C=O) groups excluding carboxylic acids is 1. The summed E-state index contributed by atoms with van der Waals surface area (Å²) in [4.78, 5) is 12.1. The van der Waals surface area contributed by atoms with Gasteiger partial charge in [0.05, 0.1) is 14.9 Å². The van der Waals surface area contributed by atoms with Crippen LogP contribution in [-0.2, 0) is 10.0 Å². The molecule has 0 heterocycles. The molecule has 0 unspecified atom stereocenters. The van der Waals surface area contributed by atoms with E-state index in [9.17, 15) is 13.2 Å². The van der Waals surface area contributed by atoms with Gasteiger partial charge in [-0.05, 0) is 63.2 Å². The molecule has 0 aromatic heterocycles. The highest BCUT2D eigenvalue weighted by Gasteiger charge is 2.17. The van der Waals surface area contributed by atoms with Crippen molar-refractivity contribution < 1.29 is 13.2 Å². The molecule has 0 saturated heterocycles. The van der Waals surface area contributed by atoms with Crippen molar-refractivity contribution in [3.05, 3.63) is 58.1 Å². The Kier molecular flexibility index (Phi) is 5.66. The minimum absolute atomic E-state index is 0.00329. The predicted molar refractivity (Wildman–Crippen MR) is 101 cm³/mol. The van der Waals surface area contributed by atoms with E-state index in [2.05, 4.69) is 10.0 Å². The SMILES string of the molecule is CC(C)(C)NC(=O)c1ccc(NS(=O)(=O)c2ccc(Cl)c(Cl)c2)cc1. The van der Waals surface area contributed by atoms with Gasteiger partial charge in [0, 0.05) is 16.8 Å². The summed E-state index contributed by atoms with van der Waals surface area (Å²) in [6.07, 6.45) is 0. The van der Waals surface area contributed by atoms with Crippen LogP contribution in [0.5, 0.6) is 0 Å². The predicted octanol–water partition coefficient (Wildman–Crippen LogP) is 4.32. The van der Waals surface area contributed by atoms with Crippen LogP contribution in [0, 0.1) is 0 Å². The van der Waals surface area contributed by atoms with Crippen LogP contribution in [0.25, 0.3) is 0 Å². The first-order valence-electron chi connectivity index (χ1n) is 7.38. The Labute approximate surface area is 157 Å². The third kappa shape index (κ3) is 5.36. The molecule has 25 heavy (non-hydrogen) atoms. The van der Waals surface area contributed by atoms with Crippen LogP contribution in [0.3, 0.4) is 0 Å². The number of rotatable bonds is 4. The molecule has 0 saturated carbocycles. The molecule has 0 fully saturated rings.